The fourth-order valence-corrected chi connectivity index (χ4v) is 1.91. The molecule has 5 nitrogen and oxygen atoms in total. The Morgan fingerprint density at radius 1 is 1.65 bits per heavy atom. The highest BCUT2D eigenvalue weighted by Gasteiger charge is 2.28. The van der Waals surface area contributed by atoms with Crippen LogP contribution in [0.3, 0.4) is 0 Å². The van der Waals surface area contributed by atoms with Crippen LogP contribution in [0.1, 0.15) is 26.7 Å². The van der Waals surface area contributed by atoms with Crippen LogP contribution in [-0.2, 0) is 9.53 Å². The average Bonchev–Trinajstić information content (AvgIpc) is 2.36. The van der Waals surface area contributed by atoms with Crippen molar-refractivity contribution in [2.75, 3.05) is 26.3 Å². The molecule has 0 aromatic carbocycles. The zero-order valence-corrected chi connectivity index (χ0v) is 10.8. The van der Waals surface area contributed by atoms with Gasteiger partial charge in [0.2, 0.25) is 5.91 Å². The lowest BCUT2D eigenvalue weighted by Crippen LogP contribution is -2.52. The minimum atomic E-state index is -0.234. The predicted octanol–water partition coefficient (Wildman–Crippen LogP) is -0.0304. The number of amides is 1. The Balaban J connectivity index is 2.43. The van der Waals surface area contributed by atoms with E-state index in [0.717, 1.165) is 6.42 Å². The maximum atomic E-state index is 12.0. The topological polar surface area (TPSA) is 75.8 Å². The van der Waals surface area contributed by atoms with Crippen molar-refractivity contribution in [2.45, 2.75) is 38.8 Å². The predicted molar refractivity (Wildman–Crippen MR) is 65.5 cm³/mol. The molecule has 0 aromatic rings. The molecular weight excluding hydrogens is 220 g/mol. The molecule has 3 unspecified atom stereocenters. The van der Waals surface area contributed by atoms with Crippen LogP contribution in [0.4, 0.5) is 0 Å². The van der Waals surface area contributed by atoms with Crippen LogP contribution >= 0.6 is 0 Å². The Kier molecular flexibility index (Phi) is 5.88. The number of ether oxygens (including phenoxy) is 1. The molecule has 0 spiro atoms. The Morgan fingerprint density at radius 2 is 2.35 bits per heavy atom. The molecule has 0 saturated carbocycles. The lowest BCUT2D eigenvalue weighted by atomic mass is 10.0. The minimum Gasteiger partial charge on any atom is -0.394 e. The molecule has 1 saturated heterocycles. The zero-order valence-electron chi connectivity index (χ0n) is 10.8. The summed E-state index contributed by atoms with van der Waals surface area (Å²) in [6.07, 6.45) is 1.12. The van der Waals surface area contributed by atoms with Crippen molar-refractivity contribution >= 4 is 5.91 Å². The van der Waals surface area contributed by atoms with Crippen molar-refractivity contribution in [1.29, 1.82) is 0 Å². The molecule has 1 aliphatic heterocycles. The molecule has 1 aliphatic rings. The summed E-state index contributed by atoms with van der Waals surface area (Å²) in [5, 5.41) is 9.05. The maximum Gasteiger partial charge on any atom is 0.222 e. The molecular formula is C12H24N2O3. The number of morpholine rings is 1. The first-order chi connectivity index (χ1) is 8.08. The second-order valence-electron chi connectivity index (χ2n) is 4.91. The molecule has 3 N–H and O–H groups in total. The summed E-state index contributed by atoms with van der Waals surface area (Å²) in [7, 11) is 0. The van der Waals surface area contributed by atoms with Crippen molar-refractivity contribution in [2.24, 2.45) is 11.7 Å². The van der Waals surface area contributed by atoms with Gasteiger partial charge in [0, 0.05) is 13.0 Å². The molecule has 1 fully saturated rings. The van der Waals surface area contributed by atoms with Gasteiger partial charge in [-0.05, 0) is 25.8 Å². The smallest absolute Gasteiger partial charge is 0.222 e. The average molecular weight is 244 g/mol. The molecule has 0 aliphatic carbocycles. The van der Waals surface area contributed by atoms with Crippen LogP contribution in [0.15, 0.2) is 0 Å². The van der Waals surface area contributed by atoms with E-state index in [9.17, 15) is 4.79 Å². The van der Waals surface area contributed by atoms with E-state index in [1.54, 1.807) is 0 Å². The third-order valence-corrected chi connectivity index (χ3v) is 3.28. The second kappa shape index (κ2) is 6.93. The van der Waals surface area contributed by atoms with Crippen LogP contribution in [0, 0.1) is 5.92 Å². The van der Waals surface area contributed by atoms with Crippen molar-refractivity contribution in [3.05, 3.63) is 0 Å². The SMILES string of the molecule is CC(CN)CCC(=O)N1CC(CO)OCC1C. The highest BCUT2D eigenvalue weighted by Crippen LogP contribution is 2.15. The fourth-order valence-electron chi connectivity index (χ4n) is 1.91. The van der Waals surface area contributed by atoms with Crippen LogP contribution in [-0.4, -0.2) is 54.4 Å². The van der Waals surface area contributed by atoms with Gasteiger partial charge in [0.25, 0.3) is 0 Å². The first-order valence-electron chi connectivity index (χ1n) is 6.30. The molecule has 5 heteroatoms. The van der Waals surface area contributed by atoms with Crippen molar-refractivity contribution in [1.82, 2.24) is 4.90 Å². The molecule has 3 atom stereocenters. The van der Waals surface area contributed by atoms with Gasteiger partial charge in [-0.25, -0.2) is 0 Å². The minimum absolute atomic E-state index is 0.0320. The zero-order chi connectivity index (χ0) is 12.8. The van der Waals surface area contributed by atoms with Gasteiger partial charge in [0.1, 0.15) is 0 Å². The Morgan fingerprint density at radius 3 is 2.94 bits per heavy atom. The first kappa shape index (κ1) is 14.4. The van der Waals surface area contributed by atoms with Crippen LogP contribution in [0.25, 0.3) is 0 Å². The van der Waals surface area contributed by atoms with E-state index in [1.165, 1.54) is 0 Å². The summed E-state index contributed by atoms with van der Waals surface area (Å²) in [5.74, 6) is 0.517. The number of rotatable bonds is 5. The normalized spacial score (nSPS) is 26.9. The number of nitrogens with two attached hydrogens (primary N) is 1. The van der Waals surface area contributed by atoms with Gasteiger partial charge in [-0.1, -0.05) is 6.92 Å². The van der Waals surface area contributed by atoms with Gasteiger partial charge in [0.05, 0.1) is 25.4 Å². The number of aliphatic hydroxyl groups excluding tert-OH is 1. The van der Waals surface area contributed by atoms with Gasteiger partial charge < -0.3 is 20.5 Å². The summed E-state index contributed by atoms with van der Waals surface area (Å²) < 4.78 is 5.40. The number of hydrogen-bond donors (Lipinski definition) is 2. The quantitative estimate of drug-likeness (QED) is 0.712. The Hall–Kier alpha value is -0.650. The van der Waals surface area contributed by atoms with Gasteiger partial charge >= 0.3 is 0 Å². The van der Waals surface area contributed by atoms with Crippen LogP contribution in [0.2, 0.25) is 0 Å². The molecule has 1 amide bonds. The van der Waals surface area contributed by atoms with Crippen LogP contribution < -0.4 is 5.73 Å². The Bertz CT molecular complexity index is 248. The Labute approximate surface area is 103 Å². The highest BCUT2D eigenvalue weighted by molar-refractivity contribution is 5.76. The van der Waals surface area contributed by atoms with E-state index in [1.807, 2.05) is 18.7 Å². The molecule has 1 rings (SSSR count). The van der Waals surface area contributed by atoms with E-state index in [-0.39, 0.29) is 24.7 Å². The third kappa shape index (κ3) is 4.26. The van der Waals surface area contributed by atoms with Crippen molar-refractivity contribution in [3.63, 3.8) is 0 Å². The fraction of sp³-hybridized carbons (Fsp3) is 0.917. The van der Waals surface area contributed by atoms with E-state index >= 15 is 0 Å². The van der Waals surface area contributed by atoms with Crippen molar-refractivity contribution < 1.29 is 14.6 Å². The maximum absolute atomic E-state index is 12.0. The number of aliphatic hydroxyl groups is 1. The monoisotopic (exact) mass is 244 g/mol. The summed E-state index contributed by atoms with van der Waals surface area (Å²) in [4.78, 5) is 13.9. The van der Waals surface area contributed by atoms with Crippen LogP contribution in [0.5, 0.6) is 0 Å². The first-order valence-corrected chi connectivity index (χ1v) is 6.30. The van der Waals surface area contributed by atoms with E-state index in [4.69, 9.17) is 15.6 Å². The van der Waals surface area contributed by atoms with Gasteiger partial charge in [-0.3, -0.25) is 4.79 Å². The van der Waals surface area contributed by atoms with Gasteiger partial charge in [-0.15, -0.1) is 0 Å². The van der Waals surface area contributed by atoms with Crippen molar-refractivity contribution in [3.8, 4) is 0 Å². The molecule has 17 heavy (non-hydrogen) atoms. The molecule has 0 radical (unpaired) electrons. The number of carbonyl (C=O) groups excluding carboxylic acids is 1. The number of nitrogens with zero attached hydrogens (tertiary/aromatic N) is 1. The highest BCUT2D eigenvalue weighted by atomic mass is 16.5. The van der Waals surface area contributed by atoms with E-state index in [0.29, 0.717) is 32.0 Å². The lowest BCUT2D eigenvalue weighted by molar-refractivity contribution is -0.146. The molecule has 0 bridgehead atoms. The standard InChI is InChI=1S/C12H24N2O3/c1-9(5-13)3-4-12(16)14-6-11(7-15)17-8-10(14)2/h9-11,15H,3-8,13H2,1-2H3. The summed E-state index contributed by atoms with van der Waals surface area (Å²) >= 11 is 0. The third-order valence-electron chi connectivity index (χ3n) is 3.28. The van der Waals surface area contributed by atoms with Gasteiger partial charge in [0.15, 0.2) is 0 Å². The lowest BCUT2D eigenvalue weighted by Gasteiger charge is -2.37. The number of carbonyl (C=O) groups is 1. The second-order valence-corrected chi connectivity index (χ2v) is 4.91. The molecule has 0 aromatic heterocycles. The summed E-state index contributed by atoms with van der Waals surface area (Å²) in [6.45, 7) is 5.60. The number of hydrogen-bond acceptors (Lipinski definition) is 4. The summed E-state index contributed by atoms with van der Waals surface area (Å²) in [5.41, 5.74) is 5.53. The van der Waals surface area contributed by atoms with E-state index < -0.39 is 0 Å². The largest absolute Gasteiger partial charge is 0.394 e. The summed E-state index contributed by atoms with van der Waals surface area (Å²) in [6, 6.07) is 0.0958. The van der Waals surface area contributed by atoms with E-state index in [2.05, 4.69) is 0 Å². The molecule has 100 valence electrons. The molecule has 1 heterocycles. The van der Waals surface area contributed by atoms with Gasteiger partial charge in [-0.2, -0.15) is 0 Å².